The summed E-state index contributed by atoms with van der Waals surface area (Å²) in [4.78, 5) is 15.5. The number of nitrogens with zero attached hydrogens (tertiary/aromatic N) is 3. The molecule has 0 aliphatic carbocycles. The fourth-order valence-electron chi connectivity index (χ4n) is 2.38. The molecule has 0 radical (unpaired) electrons. The summed E-state index contributed by atoms with van der Waals surface area (Å²) in [6.45, 7) is 0.152. The molecule has 11 heteroatoms. The van der Waals surface area contributed by atoms with Gasteiger partial charge in [0.25, 0.3) is 0 Å². The van der Waals surface area contributed by atoms with E-state index in [0.29, 0.717) is 17.2 Å². The molecular formula is C18H14F4N4O3. The number of benzene rings is 2. The number of nitrogens with one attached hydrogen (secondary N) is 1. The standard InChI is InChI=1S/C18H14F4N4O3/c1-28-17(27)14-7-2-11(8-15(14)19)23-9-16-24-10-26(25-16)12-3-5-13(6-4-12)29-18(20,21)22/h2-8,10,23H,9H2,1H3. The van der Waals surface area contributed by atoms with Crippen molar-refractivity contribution >= 4 is 11.7 Å². The van der Waals surface area contributed by atoms with E-state index in [1.165, 1.54) is 35.3 Å². The van der Waals surface area contributed by atoms with Gasteiger partial charge in [-0.25, -0.2) is 18.9 Å². The van der Waals surface area contributed by atoms with E-state index >= 15 is 0 Å². The van der Waals surface area contributed by atoms with Crippen molar-refractivity contribution in [3.05, 3.63) is 66.0 Å². The lowest BCUT2D eigenvalue weighted by Gasteiger charge is -2.09. The smallest absolute Gasteiger partial charge is 0.465 e. The summed E-state index contributed by atoms with van der Waals surface area (Å²) in [5, 5.41) is 7.10. The van der Waals surface area contributed by atoms with Gasteiger partial charge in [0.2, 0.25) is 0 Å². The highest BCUT2D eigenvalue weighted by molar-refractivity contribution is 5.90. The summed E-state index contributed by atoms with van der Waals surface area (Å²) in [5.74, 6) is -1.50. The SMILES string of the molecule is COC(=O)c1ccc(NCc2ncn(-c3ccc(OC(F)(F)F)cc3)n2)cc1F. The maximum atomic E-state index is 13.9. The van der Waals surface area contributed by atoms with E-state index < -0.39 is 18.1 Å². The van der Waals surface area contributed by atoms with Gasteiger partial charge in [-0.05, 0) is 42.5 Å². The molecule has 0 fully saturated rings. The molecule has 3 rings (SSSR count). The first-order chi connectivity index (χ1) is 13.7. The van der Waals surface area contributed by atoms with Crippen LogP contribution in [-0.2, 0) is 11.3 Å². The highest BCUT2D eigenvalue weighted by atomic mass is 19.4. The molecule has 0 aliphatic rings. The van der Waals surface area contributed by atoms with Crippen molar-refractivity contribution in [3.63, 3.8) is 0 Å². The van der Waals surface area contributed by atoms with Crippen LogP contribution in [0.3, 0.4) is 0 Å². The first-order valence-electron chi connectivity index (χ1n) is 8.13. The topological polar surface area (TPSA) is 78.3 Å². The number of alkyl halides is 3. The second-order valence-electron chi connectivity index (χ2n) is 5.69. The monoisotopic (exact) mass is 410 g/mol. The van der Waals surface area contributed by atoms with Gasteiger partial charge in [0.15, 0.2) is 5.82 Å². The van der Waals surface area contributed by atoms with E-state index in [9.17, 15) is 22.4 Å². The Morgan fingerprint density at radius 1 is 1.17 bits per heavy atom. The van der Waals surface area contributed by atoms with Crippen LogP contribution in [0.5, 0.6) is 5.75 Å². The number of anilines is 1. The molecule has 152 valence electrons. The Balaban J connectivity index is 1.63. The average molecular weight is 410 g/mol. The fourth-order valence-corrected chi connectivity index (χ4v) is 2.38. The van der Waals surface area contributed by atoms with Gasteiger partial charge in [0, 0.05) is 5.69 Å². The summed E-state index contributed by atoms with van der Waals surface area (Å²) >= 11 is 0. The van der Waals surface area contributed by atoms with Gasteiger partial charge in [0.1, 0.15) is 17.9 Å². The van der Waals surface area contributed by atoms with Crippen LogP contribution in [0.15, 0.2) is 48.8 Å². The minimum absolute atomic E-state index is 0.152. The quantitative estimate of drug-likeness (QED) is 0.493. The lowest BCUT2D eigenvalue weighted by Crippen LogP contribution is -2.17. The van der Waals surface area contributed by atoms with Crippen molar-refractivity contribution in [1.29, 1.82) is 0 Å². The van der Waals surface area contributed by atoms with E-state index in [2.05, 4.69) is 24.9 Å². The van der Waals surface area contributed by atoms with Crippen molar-refractivity contribution in [2.75, 3.05) is 12.4 Å². The fraction of sp³-hybridized carbons (Fsp3) is 0.167. The van der Waals surface area contributed by atoms with Gasteiger partial charge in [0.05, 0.1) is 24.9 Å². The van der Waals surface area contributed by atoms with Gasteiger partial charge in [-0.3, -0.25) is 0 Å². The lowest BCUT2D eigenvalue weighted by atomic mass is 10.2. The number of halogens is 4. The molecule has 0 bridgehead atoms. The molecule has 0 unspecified atom stereocenters. The molecule has 0 spiro atoms. The van der Waals surface area contributed by atoms with E-state index in [-0.39, 0.29) is 17.9 Å². The van der Waals surface area contributed by atoms with Gasteiger partial charge in [-0.1, -0.05) is 0 Å². The predicted molar refractivity (Wildman–Crippen MR) is 93.1 cm³/mol. The maximum Gasteiger partial charge on any atom is 0.573 e. The number of ether oxygens (including phenoxy) is 2. The normalized spacial score (nSPS) is 11.2. The molecule has 0 saturated heterocycles. The lowest BCUT2D eigenvalue weighted by molar-refractivity contribution is -0.274. The Hall–Kier alpha value is -3.63. The molecule has 2 aromatic carbocycles. The highest BCUT2D eigenvalue weighted by Crippen LogP contribution is 2.23. The number of carbonyl (C=O) groups excluding carboxylic acids is 1. The summed E-state index contributed by atoms with van der Waals surface area (Å²) in [7, 11) is 1.16. The highest BCUT2D eigenvalue weighted by Gasteiger charge is 2.31. The zero-order chi connectivity index (χ0) is 21.0. The van der Waals surface area contributed by atoms with E-state index in [4.69, 9.17) is 0 Å². The van der Waals surface area contributed by atoms with Gasteiger partial charge in [-0.2, -0.15) is 0 Å². The van der Waals surface area contributed by atoms with Crippen LogP contribution in [0.2, 0.25) is 0 Å². The van der Waals surface area contributed by atoms with Crippen molar-refractivity contribution in [2.45, 2.75) is 12.9 Å². The van der Waals surface area contributed by atoms with Crippen LogP contribution in [0, 0.1) is 5.82 Å². The molecule has 29 heavy (non-hydrogen) atoms. The van der Waals surface area contributed by atoms with Crippen LogP contribution in [-0.4, -0.2) is 34.2 Å². The number of methoxy groups -OCH3 is 1. The third-order valence-corrected chi connectivity index (χ3v) is 3.70. The Kier molecular flexibility index (Phi) is 5.66. The number of aromatic nitrogens is 3. The second kappa shape index (κ2) is 8.17. The van der Waals surface area contributed by atoms with E-state index in [0.717, 1.165) is 25.3 Å². The number of rotatable bonds is 6. The molecule has 0 atom stereocenters. The molecule has 0 aliphatic heterocycles. The van der Waals surface area contributed by atoms with Crippen molar-refractivity contribution < 1.29 is 31.8 Å². The van der Waals surface area contributed by atoms with E-state index in [1.807, 2.05) is 0 Å². The zero-order valence-corrected chi connectivity index (χ0v) is 14.9. The molecule has 1 aromatic heterocycles. The van der Waals surface area contributed by atoms with Crippen LogP contribution in [0.25, 0.3) is 5.69 Å². The van der Waals surface area contributed by atoms with Crippen molar-refractivity contribution in [2.24, 2.45) is 0 Å². The van der Waals surface area contributed by atoms with Gasteiger partial charge < -0.3 is 14.8 Å². The van der Waals surface area contributed by atoms with Crippen LogP contribution in [0.1, 0.15) is 16.2 Å². The molecular weight excluding hydrogens is 396 g/mol. The van der Waals surface area contributed by atoms with E-state index in [1.54, 1.807) is 0 Å². The third kappa shape index (κ3) is 5.21. The summed E-state index contributed by atoms with van der Waals surface area (Å²) in [5.41, 5.74) is 0.699. The Bertz CT molecular complexity index is 1000. The minimum Gasteiger partial charge on any atom is -0.465 e. The summed E-state index contributed by atoms with van der Waals surface area (Å²) in [6, 6.07) is 9.05. The molecule has 0 saturated carbocycles. The van der Waals surface area contributed by atoms with Crippen LogP contribution < -0.4 is 10.1 Å². The summed E-state index contributed by atoms with van der Waals surface area (Å²) < 4.78 is 60.2. The van der Waals surface area contributed by atoms with Crippen molar-refractivity contribution in [1.82, 2.24) is 14.8 Å². The summed E-state index contributed by atoms with van der Waals surface area (Å²) in [6.07, 6.45) is -3.38. The maximum absolute atomic E-state index is 13.9. The molecule has 1 N–H and O–H groups in total. The molecule has 7 nitrogen and oxygen atoms in total. The molecule has 0 amide bonds. The first-order valence-corrected chi connectivity index (χ1v) is 8.13. The first kappa shape index (κ1) is 20.1. The van der Waals surface area contributed by atoms with Crippen LogP contribution >= 0.6 is 0 Å². The number of esters is 1. The van der Waals surface area contributed by atoms with Crippen LogP contribution in [0.4, 0.5) is 23.2 Å². The Labute approximate surface area is 161 Å². The number of carbonyl (C=O) groups is 1. The largest absolute Gasteiger partial charge is 0.573 e. The Morgan fingerprint density at radius 3 is 2.52 bits per heavy atom. The molecule has 1 heterocycles. The predicted octanol–water partition coefficient (Wildman–Crippen LogP) is 3.70. The van der Waals surface area contributed by atoms with Gasteiger partial charge >= 0.3 is 12.3 Å². The minimum atomic E-state index is -4.76. The third-order valence-electron chi connectivity index (χ3n) is 3.70. The number of hydrogen-bond acceptors (Lipinski definition) is 6. The van der Waals surface area contributed by atoms with Gasteiger partial charge in [-0.15, -0.1) is 18.3 Å². The second-order valence-corrected chi connectivity index (χ2v) is 5.69. The molecule has 3 aromatic rings. The van der Waals surface area contributed by atoms with Crippen molar-refractivity contribution in [3.8, 4) is 11.4 Å². The Morgan fingerprint density at radius 2 is 1.90 bits per heavy atom. The number of hydrogen-bond donors (Lipinski definition) is 1. The average Bonchev–Trinajstić information content (AvgIpc) is 3.14. The zero-order valence-electron chi connectivity index (χ0n) is 14.9.